The van der Waals surface area contributed by atoms with Gasteiger partial charge in [-0.2, -0.15) is 0 Å². The molecule has 0 aliphatic rings. The second-order valence-electron chi connectivity index (χ2n) is 2.41. The van der Waals surface area contributed by atoms with E-state index < -0.39 is 0 Å². The SMILES string of the molecule is C#CCONC(=O)c1cc(C)cs1. The Morgan fingerprint density at radius 1 is 1.85 bits per heavy atom. The van der Waals surface area contributed by atoms with Crippen molar-refractivity contribution in [3.05, 3.63) is 21.9 Å². The smallest absolute Gasteiger partial charge is 0.266 e. The first-order valence-corrected chi connectivity index (χ1v) is 4.52. The molecule has 0 aliphatic heterocycles. The van der Waals surface area contributed by atoms with Crippen LogP contribution >= 0.6 is 11.3 Å². The van der Waals surface area contributed by atoms with Crippen molar-refractivity contribution in [1.82, 2.24) is 5.48 Å². The Kier molecular flexibility index (Phi) is 3.50. The Balaban J connectivity index is 2.45. The van der Waals surface area contributed by atoms with Crippen LogP contribution in [0.3, 0.4) is 0 Å². The molecule has 0 unspecified atom stereocenters. The van der Waals surface area contributed by atoms with Gasteiger partial charge in [0.05, 0.1) is 4.88 Å². The third-order valence-electron chi connectivity index (χ3n) is 1.27. The van der Waals surface area contributed by atoms with E-state index >= 15 is 0 Å². The molecule has 0 atom stereocenters. The summed E-state index contributed by atoms with van der Waals surface area (Å²) in [5, 5.41) is 1.90. The molecule has 4 heteroatoms. The highest BCUT2D eigenvalue weighted by molar-refractivity contribution is 7.12. The molecule has 1 aromatic heterocycles. The van der Waals surface area contributed by atoms with Crippen LogP contribution in [0.5, 0.6) is 0 Å². The molecule has 1 N–H and O–H groups in total. The van der Waals surface area contributed by atoms with Crippen LogP contribution < -0.4 is 5.48 Å². The van der Waals surface area contributed by atoms with E-state index in [9.17, 15) is 4.79 Å². The van der Waals surface area contributed by atoms with Crippen molar-refractivity contribution in [3.63, 3.8) is 0 Å². The fraction of sp³-hybridized carbons (Fsp3) is 0.222. The fourth-order valence-electron chi connectivity index (χ4n) is 0.744. The summed E-state index contributed by atoms with van der Waals surface area (Å²) in [7, 11) is 0. The molecule has 13 heavy (non-hydrogen) atoms. The number of rotatable bonds is 3. The van der Waals surface area contributed by atoms with Gasteiger partial charge in [-0.15, -0.1) is 17.8 Å². The lowest BCUT2D eigenvalue weighted by molar-refractivity contribution is 0.0442. The molecule has 0 spiro atoms. The summed E-state index contributed by atoms with van der Waals surface area (Å²) in [5.41, 5.74) is 3.30. The molecule has 1 rings (SSSR count). The van der Waals surface area contributed by atoms with Crippen LogP contribution in [0, 0.1) is 19.3 Å². The predicted molar refractivity (Wildman–Crippen MR) is 51.3 cm³/mol. The summed E-state index contributed by atoms with van der Waals surface area (Å²) < 4.78 is 0. The average Bonchev–Trinajstić information content (AvgIpc) is 2.52. The topological polar surface area (TPSA) is 38.3 Å². The fourth-order valence-corrected chi connectivity index (χ4v) is 1.53. The lowest BCUT2D eigenvalue weighted by Gasteiger charge is -1.99. The van der Waals surface area contributed by atoms with Crippen molar-refractivity contribution < 1.29 is 9.63 Å². The third-order valence-corrected chi connectivity index (χ3v) is 2.32. The van der Waals surface area contributed by atoms with Gasteiger partial charge in [0.25, 0.3) is 5.91 Å². The van der Waals surface area contributed by atoms with Gasteiger partial charge in [0.2, 0.25) is 0 Å². The molecule has 1 heterocycles. The number of carbonyl (C=O) groups excluding carboxylic acids is 1. The van der Waals surface area contributed by atoms with Gasteiger partial charge in [-0.05, 0) is 23.9 Å². The number of hydroxylamine groups is 1. The molecule has 0 aliphatic carbocycles. The molecule has 1 amide bonds. The van der Waals surface area contributed by atoms with Gasteiger partial charge in [0.1, 0.15) is 6.61 Å². The molecule has 0 fully saturated rings. The third kappa shape index (κ3) is 2.90. The van der Waals surface area contributed by atoms with Crippen molar-refractivity contribution in [2.24, 2.45) is 0 Å². The van der Waals surface area contributed by atoms with E-state index in [1.54, 1.807) is 6.07 Å². The van der Waals surface area contributed by atoms with Gasteiger partial charge < -0.3 is 0 Å². The molecule has 68 valence electrons. The first-order chi connectivity index (χ1) is 6.24. The van der Waals surface area contributed by atoms with Crippen molar-refractivity contribution in [3.8, 4) is 12.3 Å². The highest BCUT2D eigenvalue weighted by Crippen LogP contribution is 2.12. The zero-order valence-electron chi connectivity index (χ0n) is 7.16. The lowest BCUT2D eigenvalue weighted by atomic mass is 10.3. The minimum atomic E-state index is -0.256. The van der Waals surface area contributed by atoms with Gasteiger partial charge >= 0.3 is 0 Å². The number of carbonyl (C=O) groups is 1. The van der Waals surface area contributed by atoms with Crippen LogP contribution in [-0.4, -0.2) is 12.5 Å². The first kappa shape index (κ1) is 9.78. The number of hydrogen-bond donors (Lipinski definition) is 1. The van der Waals surface area contributed by atoms with E-state index in [1.807, 2.05) is 12.3 Å². The van der Waals surface area contributed by atoms with Crippen LogP contribution in [0.2, 0.25) is 0 Å². The summed E-state index contributed by atoms with van der Waals surface area (Å²) in [6.07, 6.45) is 4.93. The molecular weight excluding hydrogens is 186 g/mol. The van der Waals surface area contributed by atoms with Crippen molar-refractivity contribution in [2.45, 2.75) is 6.92 Å². The quantitative estimate of drug-likeness (QED) is 0.449. The van der Waals surface area contributed by atoms with Crippen LogP contribution in [0.1, 0.15) is 15.2 Å². The van der Waals surface area contributed by atoms with Crippen LogP contribution in [0.25, 0.3) is 0 Å². The minimum Gasteiger partial charge on any atom is -0.266 e. The maximum absolute atomic E-state index is 11.2. The van der Waals surface area contributed by atoms with Gasteiger partial charge in [0, 0.05) is 0 Å². The molecule has 0 saturated carbocycles. The second-order valence-corrected chi connectivity index (χ2v) is 3.32. The van der Waals surface area contributed by atoms with E-state index in [-0.39, 0.29) is 12.5 Å². The van der Waals surface area contributed by atoms with Crippen molar-refractivity contribution in [2.75, 3.05) is 6.61 Å². The summed E-state index contributed by atoms with van der Waals surface area (Å²) in [6.45, 7) is 2.01. The monoisotopic (exact) mass is 195 g/mol. The Morgan fingerprint density at radius 3 is 3.15 bits per heavy atom. The van der Waals surface area contributed by atoms with Crippen LogP contribution in [0.4, 0.5) is 0 Å². The highest BCUT2D eigenvalue weighted by Gasteiger charge is 2.06. The Hall–Kier alpha value is -1.31. The standard InChI is InChI=1S/C9H9NO2S/c1-3-4-12-10-9(11)8-5-7(2)6-13-8/h1,5-6H,4H2,2H3,(H,10,11). The van der Waals surface area contributed by atoms with E-state index in [1.165, 1.54) is 11.3 Å². The maximum Gasteiger partial charge on any atom is 0.284 e. The molecule has 0 saturated heterocycles. The molecule has 0 radical (unpaired) electrons. The van der Waals surface area contributed by atoms with E-state index in [0.717, 1.165) is 5.56 Å². The van der Waals surface area contributed by atoms with Gasteiger partial charge in [-0.3, -0.25) is 9.63 Å². The number of hydrogen-bond acceptors (Lipinski definition) is 3. The largest absolute Gasteiger partial charge is 0.284 e. The van der Waals surface area contributed by atoms with Crippen molar-refractivity contribution >= 4 is 17.2 Å². The number of amides is 1. The number of thiophene rings is 1. The van der Waals surface area contributed by atoms with Gasteiger partial charge in [-0.1, -0.05) is 5.92 Å². The van der Waals surface area contributed by atoms with Gasteiger partial charge in [0.15, 0.2) is 0 Å². The Labute approximate surface area is 80.7 Å². The Bertz CT molecular complexity index is 338. The first-order valence-electron chi connectivity index (χ1n) is 3.65. The van der Waals surface area contributed by atoms with Crippen LogP contribution in [0.15, 0.2) is 11.4 Å². The zero-order chi connectivity index (χ0) is 9.68. The summed E-state index contributed by atoms with van der Waals surface area (Å²) in [5.74, 6) is 1.99. The lowest BCUT2D eigenvalue weighted by Crippen LogP contribution is -2.22. The summed E-state index contributed by atoms with van der Waals surface area (Å²) in [4.78, 5) is 16.5. The normalized spacial score (nSPS) is 9.23. The summed E-state index contributed by atoms with van der Waals surface area (Å²) >= 11 is 1.37. The van der Waals surface area contributed by atoms with E-state index in [2.05, 4.69) is 16.2 Å². The number of terminal acetylenes is 1. The molecule has 0 aromatic carbocycles. The second kappa shape index (κ2) is 4.65. The molecule has 1 aromatic rings. The predicted octanol–water partition coefficient (Wildman–Crippen LogP) is 1.35. The molecule has 0 bridgehead atoms. The Morgan fingerprint density at radius 2 is 2.62 bits per heavy atom. The zero-order valence-corrected chi connectivity index (χ0v) is 7.98. The number of nitrogens with one attached hydrogen (secondary N) is 1. The van der Waals surface area contributed by atoms with E-state index in [4.69, 9.17) is 6.42 Å². The molecular formula is C9H9NO2S. The van der Waals surface area contributed by atoms with Crippen LogP contribution in [-0.2, 0) is 4.84 Å². The molecule has 3 nitrogen and oxygen atoms in total. The maximum atomic E-state index is 11.2. The summed E-state index contributed by atoms with van der Waals surface area (Å²) in [6, 6.07) is 1.79. The van der Waals surface area contributed by atoms with E-state index in [0.29, 0.717) is 4.88 Å². The van der Waals surface area contributed by atoms with Crippen molar-refractivity contribution in [1.29, 1.82) is 0 Å². The average molecular weight is 195 g/mol. The number of aryl methyl sites for hydroxylation is 1. The highest BCUT2D eigenvalue weighted by atomic mass is 32.1. The minimum absolute atomic E-state index is 0.0795. The van der Waals surface area contributed by atoms with Gasteiger partial charge in [-0.25, -0.2) is 5.48 Å².